The molecule has 1 aromatic carbocycles. The van der Waals surface area contributed by atoms with E-state index in [0.717, 1.165) is 5.69 Å². The van der Waals surface area contributed by atoms with Crippen molar-refractivity contribution in [1.29, 1.82) is 0 Å². The topological polar surface area (TPSA) is 34.2 Å². The van der Waals surface area contributed by atoms with Crippen LogP contribution in [-0.2, 0) is 16.4 Å². The van der Waals surface area contributed by atoms with Crippen LogP contribution in [-0.4, -0.2) is 11.5 Å². The molecule has 0 fully saturated rings. The zero-order chi connectivity index (χ0) is 10.7. The van der Waals surface area contributed by atoms with Crippen LogP contribution >= 0.6 is 11.5 Å². The van der Waals surface area contributed by atoms with E-state index in [9.17, 15) is 0 Å². The van der Waals surface area contributed by atoms with Crippen molar-refractivity contribution >= 4 is 11.5 Å². The molecule has 1 N–H and O–H groups in total. The first kappa shape index (κ1) is 10.4. The molecule has 0 saturated carbocycles. The van der Waals surface area contributed by atoms with Crippen molar-refractivity contribution in [3.63, 3.8) is 0 Å². The number of aryl methyl sites for hydroxylation is 1. The summed E-state index contributed by atoms with van der Waals surface area (Å²) in [6, 6.07) is 8.31. The molecule has 0 bridgehead atoms. The summed E-state index contributed by atoms with van der Waals surface area (Å²) >= 11 is 1.63. The van der Waals surface area contributed by atoms with E-state index in [2.05, 4.69) is 28.3 Å². The van der Waals surface area contributed by atoms with Crippen molar-refractivity contribution < 1.29 is 9.78 Å². The monoisotopic (exact) mass is 223 g/mol. The predicted molar refractivity (Wildman–Crippen MR) is 60.6 cm³/mol. The van der Waals surface area contributed by atoms with Crippen molar-refractivity contribution in [2.75, 3.05) is 7.11 Å². The molecule has 3 nitrogen and oxygen atoms in total. The summed E-state index contributed by atoms with van der Waals surface area (Å²) < 4.78 is 3.15. The maximum atomic E-state index is 4.90. The minimum Gasteiger partial charge on any atom is -0.311 e. The lowest BCUT2D eigenvalue weighted by Gasteiger charge is -2.13. The van der Waals surface area contributed by atoms with E-state index in [1.54, 1.807) is 11.5 Å². The average Bonchev–Trinajstić information content (AvgIpc) is 2.20. The average molecular weight is 223 g/mol. The molecule has 0 aliphatic heterocycles. The first-order chi connectivity index (χ1) is 7.33. The van der Waals surface area contributed by atoms with Crippen LogP contribution < -0.4 is 0 Å². The van der Waals surface area contributed by atoms with E-state index in [1.165, 1.54) is 23.1 Å². The molecular weight excluding hydrogens is 210 g/mol. The first-order valence-corrected chi connectivity index (χ1v) is 5.52. The minimum atomic E-state index is 0.465. The second kappa shape index (κ2) is 4.61. The third-order valence-corrected chi connectivity index (χ3v) is 3.28. The van der Waals surface area contributed by atoms with Gasteiger partial charge in [0.25, 0.3) is 0 Å². The summed E-state index contributed by atoms with van der Waals surface area (Å²) in [6.45, 7) is 2.57. The van der Waals surface area contributed by atoms with Crippen LogP contribution in [0.2, 0.25) is 0 Å². The Labute approximate surface area is 92.7 Å². The molecule has 0 amide bonds. The van der Waals surface area contributed by atoms with Gasteiger partial charge in [-0.15, -0.1) is 0 Å². The normalized spacial score (nSPS) is 10.8. The van der Waals surface area contributed by atoms with Gasteiger partial charge in [-0.3, -0.25) is 0 Å². The summed E-state index contributed by atoms with van der Waals surface area (Å²) in [7, 11) is 1.51. The van der Waals surface area contributed by atoms with E-state index in [4.69, 9.17) is 4.89 Å². The Morgan fingerprint density at radius 1 is 1.33 bits per heavy atom. The SMILES string of the molecule is COOCc1[nH]sc1-c1ccccc1C. The Bertz CT molecular complexity index is 433. The minimum absolute atomic E-state index is 0.465. The van der Waals surface area contributed by atoms with Crippen molar-refractivity contribution in [2.24, 2.45) is 0 Å². The van der Waals surface area contributed by atoms with Gasteiger partial charge in [0, 0.05) is 0 Å². The van der Waals surface area contributed by atoms with Crippen molar-refractivity contribution in [3.05, 3.63) is 35.5 Å². The van der Waals surface area contributed by atoms with Crippen molar-refractivity contribution in [1.82, 2.24) is 4.37 Å². The number of H-pyrrole nitrogens is 1. The second-order valence-electron chi connectivity index (χ2n) is 3.26. The van der Waals surface area contributed by atoms with Crippen LogP contribution in [0.3, 0.4) is 0 Å². The van der Waals surface area contributed by atoms with Crippen molar-refractivity contribution in [2.45, 2.75) is 13.5 Å². The second-order valence-corrected chi connectivity index (χ2v) is 4.07. The summed E-state index contributed by atoms with van der Waals surface area (Å²) in [5, 5.41) is 0. The zero-order valence-electron chi connectivity index (χ0n) is 8.74. The van der Waals surface area contributed by atoms with Gasteiger partial charge < -0.3 is 4.37 Å². The molecule has 2 rings (SSSR count). The smallest absolute Gasteiger partial charge is 0.124 e. The molecule has 0 aliphatic carbocycles. The number of hydrogen-bond donors (Lipinski definition) is 1. The highest BCUT2D eigenvalue weighted by Gasteiger charge is 2.12. The van der Waals surface area contributed by atoms with Gasteiger partial charge in [-0.25, -0.2) is 9.78 Å². The first-order valence-electron chi connectivity index (χ1n) is 4.70. The van der Waals surface area contributed by atoms with Crippen molar-refractivity contribution in [3.8, 4) is 10.4 Å². The molecular formula is C11H13NO2S. The Morgan fingerprint density at radius 2 is 2.13 bits per heavy atom. The maximum absolute atomic E-state index is 4.90. The molecule has 0 spiro atoms. The molecule has 80 valence electrons. The van der Waals surface area contributed by atoms with Crippen LogP contribution in [0.5, 0.6) is 0 Å². The zero-order valence-corrected chi connectivity index (χ0v) is 9.56. The van der Waals surface area contributed by atoms with E-state index in [0.29, 0.717) is 6.61 Å². The van der Waals surface area contributed by atoms with Gasteiger partial charge in [-0.2, -0.15) is 0 Å². The number of benzene rings is 1. The van der Waals surface area contributed by atoms with E-state index < -0.39 is 0 Å². The summed E-state index contributed by atoms with van der Waals surface area (Å²) in [5.74, 6) is 0. The van der Waals surface area contributed by atoms with E-state index in [1.807, 2.05) is 12.1 Å². The Balaban J connectivity index is 2.21. The third kappa shape index (κ3) is 2.12. The molecule has 0 saturated heterocycles. The third-order valence-electron chi connectivity index (χ3n) is 2.26. The Hall–Kier alpha value is -1.10. The fourth-order valence-electron chi connectivity index (χ4n) is 1.43. The highest BCUT2D eigenvalue weighted by Crippen LogP contribution is 2.32. The van der Waals surface area contributed by atoms with E-state index in [-0.39, 0.29) is 0 Å². The highest BCUT2D eigenvalue weighted by molar-refractivity contribution is 7.11. The van der Waals surface area contributed by atoms with Gasteiger partial charge in [0.05, 0.1) is 17.7 Å². The van der Waals surface area contributed by atoms with Gasteiger partial charge in [-0.1, -0.05) is 35.8 Å². The van der Waals surface area contributed by atoms with E-state index >= 15 is 0 Å². The Kier molecular flexibility index (Phi) is 3.20. The molecule has 0 unspecified atom stereocenters. The van der Waals surface area contributed by atoms with Gasteiger partial charge in [0.1, 0.15) is 6.61 Å². The van der Waals surface area contributed by atoms with Gasteiger partial charge >= 0.3 is 0 Å². The highest BCUT2D eigenvalue weighted by atomic mass is 32.1. The van der Waals surface area contributed by atoms with Crippen LogP contribution in [0.25, 0.3) is 10.4 Å². The Morgan fingerprint density at radius 3 is 2.73 bits per heavy atom. The number of rotatable bonds is 4. The summed E-state index contributed by atoms with van der Waals surface area (Å²) in [4.78, 5) is 10.7. The molecule has 15 heavy (non-hydrogen) atoms. The molecule has 1 aromatic heterocycles. The molecule has 1 heterocycles. The van der Waals surface area contributed by atoms with Crippen LogP contribution in [0.4, 0.5) is 0 Å². The fourth-order valence-corrected chi connectivity index (χ4v) is 2.24. The van der Waals surface area contributed by atoms with Gasteiger partial charge in [0.15, 0.2) is 0 Å². The number of hydrogen-bond acceptors (Lipinski definition) is 3. The lowest BCUT2D eigenvalue weighted by atomic mass is 10.1. The van der Waals surface area contributed by atoms with Crippen LogP contribution in [0.1, 0.15) is 11.3 Å². The largest absolute Gasteiger partial charge is 0.311 e. The van der Waals surface area contributed by atoms with Crippen LogP contribution in [0, 0.1) is 6.92 Å². The fraction of sp³-hybridized carbons (Fsp3) is 0.273. The number of aromatic amines is 1. The van der Waals surface area contributed by atoms with Gasteiger partial charge in [-0.05, 0) is 18.1 Å². The molecule has 0 radical (unpaired) electrons. The standard InChI is InChI=1S/C11H13NO2S/c1-8-5-3-4-6-9(8)11-10(12-15-11)7-14-13-2/h3-6,12H,7H2,1-2H3. The lowest BCUT2D eigenvalue weighted by Crippen LogP contribution is -2.00. The van der Waals surface area contributed by atoms with Crippen LogP contribution in [0.15, 0.2) is 24.3 Å². The summed E-state index contributed by atoms with van der Waals surface area (Å²) in [5.41, 5.74) is 3.61. The summed E-state index contributed by atoms with van der Waals surface area (Å²) in [6.07, 6.45) is 0. The lowest BCUT2D eigenvalue weighted by molar-refractivity contribution is -0.282. The number of nitrogens with one attached hydrogen (secondary N) is 1. The molecule has 0 atom stereocenters. The number of aromatic nitrogens is 1. The van der Waals surface area contributed by atoms with Gasteiger partial charge in [0.2, 0.25) is 0 Å². The quantitative estimate of drug-likeness (QED) is 0.638. The predicted octanol–water partition coefficient (Wildman–Crippen LogP) is 3.13. The molecule has 2 aromatic rings. The maximum Gasteiger partial charge on any atom is 0.124 e. The molecule has 0 aliphatic rings. The molecule has 4 heteroatoms.